The van der Waals surface area contributed by atoms with E-state index in [4.69, 9.17) is 14.0 Å². The zero-order valence-electron chi connectivity index (χ0n) is 16.0. The SMILES string of the molecule is C1COCCO1.Cc1ccc(S(=O)(=O)O)c(C)c1.O=C1Cc2ccccc2N1. The number of anilines is 1. The summed E-state index contributed by atoms with van der Waals surface area (Å²) in [6.07, 6.45) is 0.538. The highest BCUT2D eigenvalue weighted by Gasteiger charge is 2.15. The highest BCUT2D eigenvalue weighted by atomic mass is 32.2. The van der Waals surface area contributed by atoms with Gasteiger partial charge in [0.05, 0.1) is 37.7 Å². The van der Waals surface area contributed by atoms with Crippen LogP contribution in [0.15, 0.2) is 47.4 Å². The maximum atomic E-state index is 10.8. The minimum absolute atomic E-state index is 0.0203. The van der Waals surface area contributed by atoms with Crippen LogP contribution in [0.3, 0.4) is 0 Å². The van der Waals surface area contributed by atoms with E-state index in [0.717, 1.165) is 43.2 Å². The Morgan fingerprint density at radius 1 is 0.964 bits per heavy atom. The van der Waals surface area contributed by atoms with E-state index in [-0.39, 0.29) is 10.8 Å². The van der Waals surface area contributed by atoms with E-state index in [1.165, 1.54) is 6.07 Å². The second kappa shape index (κ2) is 10.3. The Morgan fingerprint density at radius 2 is 1.57 bits per heavy atom. The lowest BCUT2D eigenvalue weighted by Crippen LogP contribution is -2.16. The fraction of sp³-hybridized carbons (Fsp3) is 0.350. The van der Waals surface area contributed by atoms with Crippen LogP contribution in [0.5, 0.6) is 0 Å². The van der Waals surface area contributed by atoms with Crippen molar-refractivity contribution in [1.29, 1.82) is 0 Å². The standard InChI is InChI=1S/C8H7NO.C8H10O3S.C4H8O2/c10-8-5-6-3-1-2-4-7(6)9-8;1-6-3-4-8(7(2)5-6)12(9,10)11;1-2-6-4-3-5-1/h1-4H,5H2,(H,9,10);3-5H,1-2H3,(H,9,10,11);1-4H2. The molecule has 4 rings (SSSR count). The summed E-state index contributed by atoms with van der Waals surface area (Å²) in [4.78, 5) is 10.8. The number of benzene rings is 2. The molecule has 0 radical (unpaired) electrons. The molecule has 0 atom stereocenters. The van der Waals surface area contributed by atoms with Crippen LogP contribution in [0, 0.1) is 13.8 Å². The number of ether oxygens (including phenoxy) is 2. The van der Waals surface area contributed by atoms with E-state index in [2.05, 4.69) is 5.32 Å². The van der Waals surface area contributed by atoms with Crippen LogP contribution >= 0.6 is 0 Å². The predicted octanol–water partition coefficient (Wildman–Crippen LogP) is 2.76. The molecule has 7 nitrogen and oxygen atoms in total. The van der Waals surface area contributed by atoms with Crippen LogP contribution in [-0.2, 0) is 30.8 Å². The van der Waals surface area contributed by atoms with E-state index in [1.807, 2.05) is 31.2 Å². The first-order chi connectivity index (χ1) is 13.3. The molecule has 28 heavy (non-hydrogen) atoms. The third-order valence-corrected chi connectivity index (χ3v) is 5.01. The highest BCUT2D eigenvalue weighted by molar-refractivity contribution is 7.85. The lowest BCUT2D eigenvalue weighted by atomic mass is 10.2. The number of fused-ring (bicyclic) bond motifs is 1. The van der Waals surface area contributed by atoms with Gasteiger partial charge in [0, 0.05) is 5.69 Å². The van der Waals surface area contributed by atoms with Crippen molar-refractivity contribution in [2.45, 2.75) is 25.2 Å². The molecule has 1 amide bonds. The summed E-state index contributed by atoms with van der Waals surface area (Å²) in [7, 11) is -4.05. The van der Waals surface area contributed by atoms with Crippen LogP contribution in [-0.4, -0.2) is 45.3 Å². The van der Waals surface area contributed by atoms with E-state index in [9.17, 15) is 13.2 Å². The van der Waals surface area contributed by atoms with E-state index in [1.54, 1.807) is 19.1 Å². The lowest BCUT2D eigenvalue weighted by molar-refractivity contribution is -0.115. The summed E-state index contributed by atoms with van der Waals surface area (Å²) in [6.45, 7) is 6.62. The first-order valence-corrected chi connectivity index (χ1v) is 10.3. The Balaban J connectivity index is 0.000000158. The molecule has 0 bridgehead atoms. The molecule has 1 fully saturated rings. The van der Waals surface area contributed by atoms with Crippen molar-refractivity contribution in [3.8, 4) is 0 Å². The first-order valence-electron chi connectivity index (χ1n) is 8.85. The van der Waals surface area contributed by atoms with Crippen LogP contribution in [0.4, 0.5) is 5.69 Å². The Kier molecular flexibility index (Phi) is 8.13. The van der Waals surface area contributed by atoms with Crippen molar-refractivity contribution in [3.63, 3.8) is 0 Å². The van der Waals surface area contributed by atoms with Gasteiger partial charge in [0.2, 0.25) is 5.91 Å². The smallest absolute Gasteiger partial charge is 0.294 e. The Hall–Kier alpha value is -2.26. The zero-order valence-corrected chi connectivity index (χ0v) is 16.8. The molecule has 1 saturated heterocycles. The molecular weight excluding hydrogens is 382 g/mol. The zero-order chi connectivity index (χ0) is 20.6. The van der Waals surface area contributed by atoms with Crippen molar-refractivity contribution in [3.05, 3.63) is 59.2 Å². The predicted molar refractivity (Wildman–Crippen MR) is 106 cm³/mol. The third kappa shape index (κ3) is 7.05. The van der Waals surface area contributed by atoms with Crippen molar-refractivity contribution in [2.75, 3.05) is 31.7 Å². The minimum atomic E-state index is -4.05. The molecule has 0 spiro atoms. The van der Waals surface area contributed by atoms with Crippen LogP contribution in [0.25, 0.3) is 0 Å². The van der Waals surface area contributed by atoms with Gasteiger partial charge in [-0.15, -0.1) is 0 Å². The number of hydrogen-bond donors (Lipinski definition) is 2. The van der Waals surface area contributed by atoms with Crippen molar-refractivity contribution in [2.24, 2.45) is 0 Å². The van der Waals surface area contributed by atoms with Crippen LogP contribution in [0.1, 0.15) is 16.7 Å². The van der Waals surface area contributed by atoms with Crippen molar-refractivity contribution >= 4 is 21.7 Å². The molecular formula is C20H25NO6S. The van der Waals surface area contributed by atoms with Gasteiger partial charge >= 0.3 is 0 Å². The van der Waals surface area contributed by atoms with Gasteiger partial charge in [-0.1, -0.05) is 35.9 Å². The van der Waals surface area contributed by atoms with Gasteiger partial charge in [0.1, 0.15) is 0 Å². The number of hydrogen-bond acceptors (Lipinski definition) is 5. The highest BCUT2D eigenvalue weighted by Crippen LogP contribution is 2.21. The van der Waals surface area contributed by atoms with E-state index in [0.29, 0.717) is 12.0 Å². The number of aryl methyl sites for hydroxylation is 2. The molecule has 0 aromatic heterocycles. The number of nitrogens with one attached hydrogen (secondary N) is 1. The second-order valence-corrected chi connectivity index (χ2v) is 7.74. The molecule has 2 heterocycles. The fourth-order valence-electron chi connectivity index (χ4n) is 2.69. The Labute approximate surface area is 165 Å². The topological polar surface area (TPSA) is 102 Å². The summed E-state index contributed by atoms with van der Waals surface area (Å²) in [5, 5.41) is 2.76. The number of carbonyl (C=O) groups excluding carboxylic acids is 1. The largest absolute Gasteiger partial charge is 0.377 e. The van der Waals surface area contributed by atoms with Crippen LogP contribution < -0.4 is 5.32 Å². The Morgan fingerprint density at radius 3 is 2.07 bits per heavy atom. The summed E-state index contributed by atoms with van der Waals surface area (Å²) in [6, 6.07) is 12.5. The number of para-hydroxylation sites is 1. The van der Waals surface area contributed by atoms with Crippen molar-refractivity contribution in [1.82, 2.24) is 0 Å². The quantitative estimate of drug-likeness (QED) is 0.705. The average Bonchev–Trinajstić information content (AvgIpc) is 3.03. The van der Waals surface area contributed by atoms with E-state index < -0.39 is 10.1 Å². The lowest BCUT2D eigenvalue weighted by Gasteiger charge is -2.09. The number of amides is 1. The van der Waals surface area contributed by atoms with Gasteiger partial charge in [-0.2, -0.15) is 8.42 Å². The number of carbonyl (C=O) groups is 1. The monoisotopic (exact) mass is 407 g/mol. The van der Waals surface area contributed by atoms with Gasteiger partial charge in [-0.3, -0.25) is 9.35 Å². The second-order valence-electron chi connectivity index (χ2n) is 6.35. The fourth-order valence-corrected chi connectivity index (χ4v) is 3.40. The molecule has 2 aliphatic rings. The van der Waals surface area contributed by atoms with E-state index >= 15 is 0 Å². The molecule has 152 valence electrons. The maximum Gasteiger partial charge on any atom is 0.294 e. The number of rotatable bonds is 1. The molecule has 0 aliphatic carbocycles. The molecule has 0 unspecified atom stereocenters. The summed E-state index contributed by atoms with van der Waals surface area (Å²) < 4.78 is 40.1. The summed E-state index contributed by atoms with van der Waals surface area (Å²) >= 11 is 0. The average molecular weight is 407 g/mol. The van der Waals surface area contributed by atoms with Crippen molar-refractivity contribution < 1.29 is 27.2 Å². The van der Waals surface area contributed by atoms with Gasteiger partial charge in [-0.25, -0.2) is 0 Å². The molecule has 0 saturated carbocycles. The summed E-state index contributed by atoms with van der Waals surface area (Å²) in [5.41, 5.74) is 3.61. The maximum absolute atomic E-state index is 10.8. The minimum Gasteiger partial charge on any atom is -0.377 e. The van der Waals surface area contributed by atoms with Gasteiger partial charge in [0.15, 0.2) is 0 Å². The molecule has 2 N–H and O–H groups in total. The van der Waals surface area contributed by atoms with Gasteiger partial charge in [0.25, 0.3) is 10.1 Å². The third-order valence-electron chi connectivity index (χ3n) is 3.99. The Bertz CT molecular complexity index is 868. The molecule has 2 aromatic carbocycles. The van der Waals surface area contributed by atoms with Gasteiger partial charge in [-0.05, 0) is 37.1 Å². The first kappa shape index (κ1) is 22.0. The summed E-state index contributed by atoms with van der Waals surface area (Å²) in [5.74, 6) is 0.0983. The molecule has 8 heteroatoms. The normalized spacial score (nSPS) is 15.3. The van der Waals surface area contributed by atoms with Crippen LogP contribution in [0.2, 0.25) is 0 Å². The molecule has 2 aromatic rings. The van der Waals surface area contributed by atoms with Gasteiger partial charge < -0.3 is 14.8 Å². The molecule has 2 aliphatic heterocycles.